The number of benzene rings is 1. The van der Waals surface area contributed by atoms with Gasteiger partial charge in [0.2, 0.25) is 5.91 Å². The summed E-state index contributed by atoms with van der Waals surface area (Å²) in [6, 6.07) is 10.3. The minimum atomic E-state index is -0.184. The fraction of sp³-hybridized carbons (Fsp3) is 0.519. The van der Waals surface area contributed by atoms with Crippen molar-refractivity contribution in [3.8, 4) is 5.69 Å². The van der Waals surface area contributed by atoms with Gasteiger partial charge in [-0.25, -0.2) is 0 Å². The summed E-state index contributed by atoms with van der Waals surface area (Å²) in [5, 5.41) is 0. The lowest BCUT2D eigenvalue weighted by atomic mass is 9.97. The third kappa shape index (κ3) is 5.51. The van der Waals surface area contributed by atoms with E-state index >= 15 is 0 Å². The molecule has 7 heteroatoms. The van der Waals surface area contributed by atoms with Crippen molar-refractivity contribution in [2.24, 2.45) is 5.92 Å². The zero-order chi connectivity index (χ0) is 25.0. The molecule has 2 amide bonds. The van der Waals surface area contributed by atoms with Gasteiger partial charge in [0.25, 0.3) is 5.91 Å². The Morgan fingerprint density at radius 3 is 2.26 bits per heavy atom. The third-order valence-electron chi connectivity index (χ3n) is 6.67. The average Bonchev–Trinajstić information content (AvgIpc) is 3.12. The molecule has 0 unspecified atom stereocenters. The number of hydrogen-bond donors (Lipinski definition) is 0. The Labute approximate surface area is 202 Å². The minimum Gasteiger partial charge on any atom is -0.466 e. The molecule has 2 heterocycles. The first kappa shape index (κ1) is 25.5. The second kappa shape index (κ2) is 10.9. The number of likely N-dealkylation sites (tertiary alicyclic amines) is 1. The first-order valence-electron chi connectivity index (χ1n) is 12.1. The Hall–Kier alpha value is -3.09. The highest BCUT2D eigenvalue weighted by Gasteiger charge is 2.29. The predicted octanol–water partition coefficient (Wildman–Crippen LogP) is 4.09. The molecule has 0 aliphatic carbocycles. The first-order valence-corrected chi connectivity index (χ1v) is 12.1. The molecular formula is C27H37N3O4. The molecule has 1 aromatic carbocycles. The fourth-order valence-electron chi connectivity index (χ4n) is 4.59. The largest absolute Gasteiger partial charge is 0.466 e. The highest BCUT2D eigenvalue weighted by molar-refractivity contribution is 5.97. The number of aryl methyl sites for hydroxylation is 1. The molecular weight excluding hydrogens is 430 g/mol. The van der Waals surface area contributed by atoms with Crippen LogP contribution < -0.4 is 0 Å². The highest BCUT2D eigenvalue weighted by atomic mass is 16.5. The Morgan fingerprint density at radius 2 is 1.71 bits per heavy atom. The lowest BCUT2D eigenvalue weighted by Crippen LogP contribution is -2.45. The summed E-state index contributed by atoms with van der Waals surface area (Å²) >= 11 is 0. The Morgan fingerprint density at radius 1 is 1.09 bits per heavy atom. The Kier molecular flexibility index (Phi) is 8.18. The second-order valence-electron chi connectivity index (χ2n) is 9.43. The lowest BCUT2D eigenvalue weighted by Gasteiger charge is -2.32. The van der Waals surface area contributed by atoms with Crippen LogP contribution in [0.5, 0.6) is 0 Å². The van der Waals surface area contributed by atoms with Crippen molar-refractivity contribution in [1.82, 2.24) is 14.4 Å². The average molecular weight is 468 g/mol. The molecule has 0 spiro atoms. The summed E-state index contributed by atoms with van der Waals surface area (Å²) in [6.45, 7) is 11.4. The van der Waals surface area contributed by atoms with Crippen LogP contribution in [-0.4, -0.2) is 65.4 Å². The number of piperidine rings is 1. The van der Waals surface area contributed by atoms with Crippen LogP contribution in [0.25, 0.3) is 5.69 Å². The van der Waals surface area contributed by atoms with Crippen molar-refractivity contribution in [2.45, 2.75) is 53.4 Å². The van der Waals surface area contributed by atoms with Crippen molar-refractivity contribution in [2.75, 3.05) is 33.3 Å². The minimum absolute atomic E-state index is 0.00958. The molecule has 34 heavy (non-hydrogen) atoms. The van der Waals surface area contributed by atoms with Gasteiger partial charge in [-0.1, -0.05) is 26.0 Å². The SMILES string of the molecule is CCOC(=O)C1CCN(C(=O)CN(C)C(=O)c2cc(C)n(-c3ccc(C(C)C)cc3)c2C)CC1. The molecule has 1 aromatic heterocycles. The van der Waals surface area contributed by atoms with E-state index in [1.807, 2.05) is 19.9 Å². The monoisotopic (exact) mass is 467 g/mol. The van der Waals surface area contributed by atoms with Crippen LogP contribution >= 0.6 is 0 Å². The molecule has 2 aromatic rings. The summed E-state index contributed by atoms with van der Waals surface area (Å²) in [4.78, 5) is 41.2. The van der Waals surface area contributed by atoms with E-state index in [1.54, 1.807) is 18.9 Å². The van der Waals surface area contributed by atoms with Crippen LogP contribution in [0.15, 0.2) is 30.3 Å². The van der Waals surface area contributed by atoms with Gasteiger partial charge < -0.3 is 19.1 Å². The molecule has 1 fully saturated rings. The van der Waals surface area contributed by atoms with Crippen molar-refractivity contribution in [1.29, 1.82) is 0 Å². The number of nitrogens with zero attached hydrogens (tertiary/aromatic N) is 3. The fourth-order valence-corrected chi connectivity index (χ4v) is 4.59. The predicted molar refractivity (Wildman–Crippen MR) is 132 cm³/mol. The van der Waals surface area contributed by atoms with Gasteiger partial charge in [0, 0.05) is 37.2 Å². The number of likely N-dealkylation sites (N-methyl/N-ethyl adjacent to an activating group) is 1. The van der Waals surface area contributed by atoms with Gasteiger partial charge in [-0.2, -0.15) is 0 Å². The summed E-state index contributed by atoms with van der Waals surface area (Å²) < 4.78 is 7.17. The highest BCUT2D eigenvalue weighted by Crippen LogP contribution is 2.24. The summed E-state index contributed by atoms with van der Waals surface area (Å²) in [7, 11) is 1.66. The van der Waals surface area contributed by atoms with Crippen LogP contribution in [0, 0.1) is 19.8 Å². The maximum atomic E-state index is 13.2. The molecule has 0 bridgehead atoms. The molecule has 7 nitrogen and oxygen atoms in total. The van der Waals surface area contributed by atoms with Gasteiger partial charge in [-0.05, 0) is 63.3 Å². The van der Waals surface area contributed by atoms with Crippen LogP contribution in [0.3, 0.4) is 0 Å². The second-order valence-corrected chi connectivity index (χ2v) is 9.43. The topological polar surface area (TPSA) is 71.8 Å². The molecule has 1 saturated heterocycles. The smallest absolute Gasteiger partial charge is 0.309 e. The molecule has 0 radical (unpaired) electrons. The molecule has 1 aliphatic heterocycles. The maximum absolute atomic E-state index is 13.2. The molecule has 3 rings (SSSR count). The summed E-state index contributed by atoms with van der Waals surface area (Å²) in [5.74, 6) is -0.149. The van der Waals surface area contributed by atoms with E-state index in [0.717, 1.165) is 17.1 Å². The number of rotatable bonds is 7. The number of ether oxygens (including phenoxy) is 1. The van der Waals surface area contributed by atoms with Crippen molar-refractivity contribution in [3.05, 3.63) is 52.8 Å². The van der Waals surface area contributed by atoms with E-state index in [2.05, 4.69) is 42.7 Å². The molecule has 0 saturated carbocycles. The zero-order valence-corrected chi connectivity index (χ0v) is 21.3. The van der Waals surface area contributed by atoms with Crippen LogP contribution in [0.4, 0.5) is 0 Å². The number of amides is 2. The van der Waals surface area contributed by atoms with E-state index < -0.39 is 0 Å². The Bertz CT molecular complexity index is 1030. The van der Waals surface area contributed by atoms with Gasteiger partial charge in [0.1, 0.15) is 0 Å². The third-order valence-corrected chi connectivity index (χ3v) is 6.67. The van der Waals surface area contributed by atoms with Gasteiger partial charge >= 0.3 is 5.97 Å². The molecule has 0 N–H and O–H groups in total. The van der Waals surface area contributed by atoms with Gasteiger partial charge in [0.15, 0.2) is 0 Å². The number of aromatic nitrogens is 1. The van der Waals surface area contributed by atoms with Crippen LogP contribution in [0.2, 0.25) is 0 Å². The normalized spacial score (nSPS) is 14.4. The first-order chi connectivity index (χ1) is 16.1. The van der Waals surface area contributed by atoms with Gasteiger partial charge in [-0.3, -0.25) is 14.4 Å². The number of hydrogen-bond acceptors (Lipinski definition) is 4. The summed E-state index contributed by atoms with van der Waals surface area (Å²) in [5.41, 5.74) is 4.71. The molecule has 0 atom stereocenters. The standard InChI is InChI=1S/C27H37N3O4/c1-7-34-27(33)22-12-14-29(15-13-22)25(31)17-28(6)26(32)24-16-19(4)30(20(24)5)23-10-8-21(9-11-23)18(2)3/h8-11,16,18,22H,7,12-15,17H2,1-6H3. The lowest BCUT2D eigenvalue weighted by molar-refractivity contribution is -0.151. The maximum Gasteiger partial charge on any atom is 0.309 e. The van der Waals surface area contributed by atoms with Crippen molar-refractivity contribution < 1.29 is 19.1 Å². The van der Waals surface area contributed by atoms with E-state index in [-0.39, 0.29) is 30.2 Å². The Balaban J connectivity index is 1.65. The van der Waals surface area contributed by atoms with E-state index in [0.29, 0.717) is 44.0 Å². The number of carbonyl (C=O) groups excluding carboxylic acids is 3. The van der Waals surface area contributed by atoms with E-state index in [4.69, 9.17) is 4.74 Å². The number of esters is 1. The van der Waals surface area contributed by atoms with Gasteiger partial charge in [0.05, 0.1) is 24.6 Å². The zero-order valence-electron chi connectivity index (χ0n) is 21.3. The molecule has 184 valence electrons. The van der Waals surface area contributed by atoms with Gasteiger partial charge in [-0.15, -0.1) is 0 Å². The van der Waals surface area contributed by atoms with Crippen LogP contribution in [0.1, 0.15) is 66.8 Å². The molecule has 1 aliphatic rings. The van der Waals surface area contributed by atoms with E-state index in [1.165, 1.54) is 10.5 Å². The summed E-state index contributed by atoms with van der Waals surface area (Å²) in [6.07, 6.45) is 1.19. The van der Waals surface area contributed by atoms with Crippen LogP contribution in [-0.2, 0) is 14.3 Å². The quantitative estimate of drug-likeness (QED) is 0.575. The van der Waals surface area contributed by atoms with Crippen molar-refractivity contribution >= 4 is 17.8 Å². The number of carbonyl (C=O) groups is 3. The van der Waals surface area contributed by atoms with Crippen molar-refractivity contribution in [3.63, 3.8) is 0 Å². The van der Waals surface area contributed by atoms with E-state index in [9.17, 15) is 14.4 Å².